The van der Waals surface area contributed by atoms with Crippen molar-refractivity contribution < 1.29 is 19.7 Å². The smallest absolute Gasteiger partial charge is 0.163 e. The van der Waals surface area contributed by atoms with Gasteiger partial charge < -0.3 is 19.7 Å². The van der Waals surface area contributed by atoms with Crippen LogP contribution in [-0.4, -0.2) is 35.3 Å². The van der Waals surface area contributed by atoms with E-state index in [4.69, 9.17) is 9.47 Å². The van der Waals surface area contributed by atoms with Crippen molar-refractivity contribution in [3.05, 3.63) is 35.9 Å². The largest absolute Gasteiger partial charge is 0.390 e. The lowest BCUT2D eigenvalue weighted by molar-refractivity contribution is -0.152. The van der Waals surface area contributed by atoms with E-state index < -0.39 is 23.9 Å². The van der Waals surface area contributed by atoms with Crippen LogP contribution in [0.25, 0.3) is 0 Å². The third kappa shape index (κ3) is 2.99. The molecule has 4 nitrogen and oxygen atoms in total. The zero-order chi connectivity index (χ0) is 14.7. The summed E-state index contributed by atoms with van der Waals surface area (Å²) in [5.74, 6) is 0. The van der Waals surface area contributed by atoms with E-state index in [0.717, 1.165) is 31.2 Å². The Morgan fingerprint density at radius 2 is 1.81 bits per heavy atom. The summed E-state index contributed by atoms with van der Waals surface area (Å²) >= 11 is 0. The van der Waals surface area contributed by atoms with Gasteiger partial charge in [-0.3, -0.25) is 0 Å². The van der Waals surface area contributed by atoms with Gasteiger partial charge in [0, 0.05) is 5.41 Å². The molecule has 3 rings (SSSR count). The van der Waals surface area contributed by atoms with Crippen LogP contribution < -0.4 is 0 Å². The lowest BCUT2D eigenvalue weighted by Crippen LogP contribution is -2.43. The summed E-state index contributed by atoms with van der Waals surface area (Å²) in [6.45, 7) is 0.811. The second kappa shape index (κ2) is 6.44. The summed E-state index contributed by atoms with van der Waals surface area (Å²) in [5, 5.41) is 20.8. The van der Waals surface area contributed by atoms with E-state index in [1.807, 2.05) is 30.3 Å². The van der Waals surface area contributed by atoms with E-state index in [1.54, 1.807) is 0 Å². The molecule has 1 aliphatic heterocycles. The highest BCUT2D eigenvalue weighted by molar-refractivity contribution is 5.13. The molecule has 1 aromatic carbocycles. The van der Waals surface area contributed by atoms with Gasteiger partial charge in [0.25, 0.3) is 0 Å². The van der Waals surface area contributed by atoms with Gasteiger partial charge in [-0.05, 0) is 18.4 Å². The molecular formula is C17H24O4. The van der Waals surface area contributed by atoms with Crippen molar-refractivity contribution in [3.8, 4) is 0 Å². The van der Waals surface area contributed by atoms with Gasteiger partial charge in [0.05, 0.1) is 19.3 Å². The van der Waals surface area contributed by atoms with Crippen molar-refractivity contribution in [3.63, 3.8) is 0 Å². The predicted molar refractivity (Wildman–Crippen MR) is 78.5 cm³/mol. The van der Waals surface area contributed by atoms with Crippen molar-refractivity contribution >= 4 is 0 Å². The molecule has 0 amide bonds. The van der Waals surface area contributed by atoms with Crippen LogP contribution in [0.4, 0.5) is 0 Å². The van der Waals surface area contributed by atoms with Crippen LogP contribution in [0.3, 0.4) is 0 Å². The van der Waals surface area contributed by atoms with Gasteiger partial charge >= 0.3 is 0 Å². The van der Waals surface area contributed by atoms with Crippen LogP contribution in [0.1, 0.15) is 37.7 Å². The Bertz CT molecular complexity index is 441. The summed E-state index contributed by atoms with van der Waals surface area (Å²) < 4.78 is 11.2. The van der Waals surface area contributed by atoms with Crippen LogP contribution >= 0.6 is 0 Å². The molecule has 1 saturated carbocycles. The topological polar surface area (TPSA) is 58.9 Å². The van der Waals surface area contributed by atoms with Gasteiger partial charge in [0.1, 0.15) is 6.10 Å². The average molecular weight is 292 g/mol. The van der Waals surface area contributed by atoms with Gasteiger partial charge in [0.15, 0.2) is 6.29 Å². The number of rotatable bonds is 4. The average Bonchev–Trinajstić information content (AvgIpc) is 2.74. The van der Waals surface area contributed by atoms with Crippen LogP contribution in [0.2, 0.25) is 0 Å². The van der Waals surface area contributed by atoms with Crippen molar-refractivity contribution in [1.29, 1.82) is 0 Å². The fraction of sp³-hybridized carbons (Fsp3) is 0.647. The number of ether oxygens (including phenoxy) is 2. The van der Waals surface area contributed by atoms with E-state index >= 15 is 0 Å². The molecular weight excluding hydrogens is 268 g/mol. The lowest BCUT2D eigenvalue weighted by atomic mass is 9.70. The number of hydrogen-bond donors (Lipinski definition) is 2. The first-order valence-corrected chi connectivity index (χ1v) is 7.86. The van der Waals surface area contributed by atoms with E-state index in [0.29, 0.717) is 13.2 Å². The molecule has 21 heavy (non-hydrogen) atoms. The standard InChI is InChI=1S/C17H24O4/c18-15-14(12-20-11-13-7-3-1-4-8-13)21-16(19)17(15)9-5-2-6-10-17/h1,3-4,7-8,14-16,18-19H,2,5-6,9-12H2/t14-,15-,16?/m1/s1. The Morgan fingerprint density at radius 1 is 1.10 bits per heavy atom. The van der Waals surface area contributed by atoms with E-state index in [9.17, 15) is 10.2 Å². The van der Waals surface area contributed by atoms with Crippen molar-refractivity contribution in [2.24, 2.45) is 5.41 Å². The summed E-state index contributed by atoms with van der Waals surface area (Å²) in [5.41, 5.74) is 0.622. The molecule has 1 aliphatic carbocycles. The molecule has 1 unspecified atom stereocenters. The van der Waals surface area contributed by atoms with Gasteiger partial charge in [-0.1, -0.05) is 49.6 Å². The first-order chi connectivity index (χ1) is 10.2. The third-order valence-electron chi connectivity index (χ3n) is 4.91. The quantitative estimate of drug-likeness (QED) is 0.893. The summed E-state index contributed by atoms with van der Waals surface area (Å²) in [4.78, 5) is 0. The second-order valence-corrected chi connectivity index (χ2v) is 6.27. The molecule has 2 aliphatic rings. The molecule has 1 spiro atoms. The highest BCUT2D eigenvalue weighted by Gasteiger charge is 2.55. The van der Waals surface area contributed by atoms with Gasteiger partial charge in [-0.2, -0.15) is 0 Å². The maximum atomic E-state index is 10.6. The molecule has 4 heteroatoms. The third-order valence-corrected chi connectivity index (χ3v) is 4.91. The second-order valence-electron chi connectivity index (χ2n) is 6.27. The van der Waals surface area contributed by atoms with E-state index in [2.05, 4.69) is 0 Å². The number of aliphatic hydroxyl groups excluding tert-OH is 2. The Kier molecular flexibility index (Phi) is 4.60. The minimum Gasteiger partial charge on any atom is -0.390 e. The Morgan fingerprint density at radius 3 is 2.52 bits per heavy atom. The zero-order valence-electron chi connectivity index (χ0n) is 12.3. The summed E-state index contributed by atoms with van der Waals surface area (Å²) in [7, 11) is 0. The molecule has 3 atom stereocenters. The SMILES string of the molecule is OC1O[C@H](COCc2ccccc2)[C@@H](O)C12CCCCC2. The summed E-state index contributed by atoms with van der Waals surface area (Å²) in [6.07, 6.45) is 3.03. The normalized spacial score (nSPS) is 31.6. The monoisotopic (exact) mass is 292 g/mol. The maximum Gasteiger partial charge on any atom is 0.163 e. The first kappa shape index (κ1) is 15.0. The summed E-state index contributed by atoms with van der Waals surface area (Å²) in [6, 6.07) is 9.92. The molecule has 0 bridgehead atoms. The Hall–Kier alpha value is -0.940. The minimum atomic E-state index is -0.863. The zero-order valence-corrected chi connectivity index (χ0v) is 12.3. The van der Waals surface area contributed by atoms with Crippen LogP contribution in [0.15, 0.2) is 30.3 Å². The van der Waals surface area contributed by atoms with Crippen LogP contribution in [-0.2, 0) is 16.1 Å². The maximum absolute atomic E-state index is 10.6. The molecule has 116 valence electrons. The molecule has 0 radical (unpaired) electrons. The predicted octanol–water partition coefficient (Wildman–Crippen LogP) is 2.23. The molecule has 1 aromatic rings. The highest BCUT2D eigenvalue weighted by Crippen LogP contribution is 2.48. The first-order valence-electron chi connectivity index (χ1n) is 7.86. The molecule has 2 fully saturated rings. The Labute approximate surface area is 125 Å². The number of aliphatic hydroxyl groups is 2. The molecule has 0 aromatic heterocycles. The number of hydrogen-bond acceptors (Lipinski definition) is 4. The van der Waals surface area contributed by atoms with Crippen LogP contribution in [0.5, 0.6) is 0 Å². The molecule has 2 N–H and O–H groups in total. The fourth-order valence-electron chi connectivity index (χ4n) is 3.64. The van der Waals surface area contributed by atoms with Crippen LogP contribution in [0, 0.1) is 5.41 Å². The van der Waals surface area contributed by atoms with E-state index in [1.165, 1.54) is 6.42 Å². The van der Waals surface area contributed by atoms with E-state index in [-0.39, 0.29) is 0 Å². The lowest BCUT2D eigenvalue weighted by Gasteiger charge is -2.37. The molecule has 1 saturated heterocycles. The van der Waals surface area contributed by atoms with Crippen molar-refractivity contribution in [2.45, 2.75) is 57.2 Å². The van der Waals surface area contributed by atoms with Gasteiger partial charge in [-0.15, -0.1) is 0 Å². The van der Waals surface area contributed by atoms with Crippen molar-refractivity contribution in [1.82, 2.24) is 0 Å². The van der Waals surface area contributed by atoms with Gasteiger partial charge in [0.2, 0.25) is 0 Å². The highest BCUT2D eigenvalue weighted by atomic mass is 16.6. The van der Waals surface area contributed by atoms with Crippen molar-refractivity contribution in [2.75, 3.05) is 6.61 Å². The fourth-order valence-corrected chi connectivity index (χ4v) is 3.64. The molecule has 1 heterocycles. The van der Waals surface area contributed by atoms with Gasteiger partial charge in [-0.25, -0.2) is 0 Å². The number of benzene rings is 1. The Balaban J connectivity index is 1.55. The minimum absolute atomic E-state index is 0.314.